The molecule has 2 aromatic rings. The molecule has 0 atom stereocenters. The van der Waals surface area contributed by atoms with E-state index in [-0.39, 0.29) is 31.2 Å². The Morgan fingerprint density at radius 1 is 1.27 bits per heavy atom. The van der Waals surface area contributed by atoms with Crippen molar-refractivity contribution in [2.24, 2.45) is 7.05 Å². The van der Waals surface area contributed by atoms with Crippen LogP contribution in [0.2, 0.25) is 0 Å². The number of carbonyl (C=O) groups excluding carboxylic acids is 1. The molecule has 1 aromatic heterocycles. The van der Waals surface area contributed by atoms with Gasteiger partial charge in [0.25, 0.3) is 5.69 Å². The number of nitro groups is 1. The Hall–Kier alpha value is -3.11. The highest BCUT2D eigenvalue weighted by molar-refractivity contribution is 5.97. The van der Waals surface area contributed by atoms with Crippen molar-refractivity contribution in [1.29, 1.82) is 0 Å². The molecule has 1 amide bonds. The molecule has 0 bridgehead atoms. The Bertz CT molecular complexity index is 864. The minimum Gasteiger partial charge on any atom is -0.360 e. The highest BCUT2D eigenvalue weighted by Gasteiger charge is 2.38. The minimum atomic E-state index is -4.77. The van der Waals surface area contributed by atoms with Gasteiger partial charge in [-0.2, -0.15) is 18.3 Å². The van der Waals surface area contributed by atoms with Gasteiger partial charge in [-0.3, -0.25) is 19.6 Å². The number of anilines is 2. The van der Waals surface area contributed by atoms with Gasteiger partial charge in [0.15, 0.2) is 0 Å². The van der Waals surface area contributed by atoms with E-state index in [2.05, 4.69) is 5.10 Å². The lowest BCUT2D eigenvalue weighted by molar-refractivity contribution is -0.385. The number of aromatic nitrogens is 2. The quantitative estimate of drug-likeness (QED) is 0.612. The Kier molecular flexibility index (Phi) is 4.30. The molecule has 8 nitrogen and oxygen atoms in total. The number of nitro benzene ring substituents is 1. The van der Waals surface area contributed by atoms with E-state index in [0.717, 1.165) is 12.1 Å². The SMILES string of the molecule is Cn1cc(N2CCN(c3ccc([N+](=O)[O-])cc3C(F)(F)F)CC2=O)cn1. The number of halogens is 3. The first-order chi connectivity index (χ1) is 12.2. The average molecular weight is 369 g/mol. The largest absolute Gasteiger partial charge is 0.418 e. The number of benzene rings is 1. The van der Waals surface area contributed by atoms with Gasteiger partial charge in [0.1, 0.15) is 0 Å². The number of amides is 1. The van der Waals surface area contributed by atoms with Gasteiger partial charge in [0.05, 0.1) is 28.9 Å². The standard InChI is InChI=1S/C15H14F3N5O3/c1-20-8-11(7-19-20)22-5-4-21(9-14(22)24)13-3-2-10(23(25)26)6-12(13)15(16,17)18/h2-3,6-8H,4-5,9H2,1H3. The number of nitrogens with zero attached hydrogens (tertiary/aromatic N) is 5. The van der Waals surface area contributed by atoms with Crippen molar-refractivity contribution in [2.75, 3.05) is 29.4 Å². The highest BCUT2D eigenvalue weighted by atomic mass is 19.4. The fourth-order valence-electron chi connectivity index (χ4n) is 2.84. The van der Waals surface area contributed by atoms with Gasteiger partial charge < -0.3 is 9.80 Å². The molecule has 1 aliphatic heterocycles. The third-order valence-electron chi connectivity index (χ3n) is 4.06. The first-order valence-electron chi connectivity index (χ1n) is 7.56. The van der Waals surface area contributed by atoms with Gasteiger partial charge in [0.2, 0.25) is 5.91 Å². The van der Waals surface area contributed by atoms with Crippen LogP contribution in [0.15, 0.2) is 30.6 Å². The second kappa shape index (κ2) is 6.32. The number of aryl methyl sites for hydroxylation is 1. The molecule has 3 rings (SSSR count). The first-order valence-corrected chi connectivity index (χ1v) is 7.56. The maximum atomic E-state index is 13.3. The summed E-state index contributed by atoms with van der Waals surface area (Å²) in [4.78, 5) is 25.0. The van der Waals surface area contributed by atoms with Crippen molar-refractivity contribution in [2.45, 2.75) is 6.18 Å². The van der Waals surface area contributed by atoms with Gasteiger partial charge in [0, 0.05) is 44.2 Å². The zero-order valence-corrected chi connectivity index (χ0v) is 13.6. The summed E-state index contributed by atoms with van der Waals surface area (Å²) in [7, 11) is 1.69. The third-order valence-corrected chi connectivity index (χ3v) is 4.06. The van der Waals surface area contributed by atoms with E-state index in [9.17, 15) is 28.1 Å². The minimum absolute atomic E-state index is 0.154. The molecule has 11 heteroatoms. The number of carbonyl (C=O) groups is 1. The molecule has 1 aromatic carbocycles. The summed E-state index contributed by atoms with van der Waals surface area (Å²) in [5.41, 5.74) is -1.46. The number of piperazine rings is 1. The summed E-state index contributed by atoms with van der Waals surface area (Å²) in [5, 5.41) is 14.8. The van der Waals surface area contributed by atoms with Crippen molar-refractivity contribution >= 4 is 23.0 Å². The van der Waals surface area contributed by atoms with E-state index in [0.29, 0.717) is 11.8 Å². The Labute approximate surface area is 145 Å². The van der Waals surface area contributed by atoms with Crippen LogP contribution in [0.1, 0.15) is 5.56 Å². The van der Waals surface area contributed by atoms with Crippen molar-refractivity contribution in [3.63, 3.8) is 0 Å². The van der Waals surface area contributed by atoms with Crippen molar-refractivity contribution in [3.8, 4) is 0 Å². The fourth-order valence-corrected chi connectivity index (χ4v) is 2.84. The van der Waals surface area contributed by atoms with E-state index in [4.69, 9.17) is 0 Å². The fraction of sp³-hybridized carbons (Fsp3) is 0.333. The normalized spacial score (nSPS) is 15.5. The van der Waals surface area contributed by atoms with Crippen LogP contribution in [0, 0.1) is 10.1 Å². The summed E-state index contributed by atoms with van der Waals surface area (Å²) in [6.45, 7) is 0.0656. The Morgan fingerprint density at radius 3 is 2.54 bits per heavy atom. The van der Waals surface area contributed by atoms with Crippen LogP contribution in [0.3, 0.4) is 0 Å². The molecule has 2 heterocycles. The molecule has 0 unspecified atom stereocenters. The van der Waals surface area contributed by atoms with Crippen LogP contribution < -0.4 is 9.80 Å². The van der Waals surface area contributed by atoms with Gasteiger partial charge >= 0.3 is 6.18 Å². The molecule has 1 aliphatic rings. The molecule has 1 saturated heterocycles. The number of non-ortho nitro benzene ring substituents is 1. The van der Waals surface area contributed by atoms with E-state index in [1.54, 1.807) is 13.2 Å². The van der Waals surface area contributed by atoms with Crippen LogP contribution in [-0.2, 0) is 18.0 Å². The maximum Gasteiger partial charge on any atom is 0.418 e. The summed E-state index contributed by atoms with van der Waals surface area (Å²) in [6.07, 6.45) is -1.63. The second-order valence-electron chi connectivity index (χ2n) is 5.80. The lowest BCUT2D eigenvalue weighted by atomic mass is 10.1. The molecule has 0 spiro atoms. The maximum absolute atomic E-state index is 13.3. The summed E-state index contributed by atoms with van der Waals surface area (Å²) < 4.78 is 41.5. The van der Waals surface area contributed by atoms with Crippen molar-refractivity contribution in [1.82, 2.24) is 9.78 Å². The van der Waals surface area contributed by atoms with Crippen LogP contribution in [0.5, 0.6) is 0 Å². The van der Waals surface area contributed by atoms with E-state index < -0.39 is 22.4 Å². The zero-order valence-electron chi connectivity index (χ0n) is 13.6. The number of hydrogen-bond donors (Lipinski definition) is 0. The molecule has 26 heavy (non-hydrogen) atoms. The zero-order chi connectivity index (χ0) is 19.1. The lowest BCUT2D eigenvalue weighted by Crippen LogP contribution is -2.51. The van der Waals surface area contributed by atoms with Gasteiger partial charge in [-0.15, -0.1) is 0 Å². The average Bonchev–Trinajstić information content (AvgIpc) is 2.99. The smallest absolute Gasteiger partial charge is 0.360 e. The lowest BCUT2D eigenvalue weighted by Gasteiger charge is -2.36. The predicted molar refractivity (Wildman–Crippen MR) is 85.9 cm³/mol. The van der Waals surface area contributed by atoms with Crippen LogP contribution in [0.4, 0.5) is 30.2 Å². The molecular weight excluding hydrogens is 355 g/mol. The van der Waals surface area contributed by atoms with Crippen molar-refractivity contribution < 1.29 is 22.9 Å². The van der Waals surface area contributed by atoms with Crippen LogP contribution in [0.25, 0.3) is 0 Å². The van der Waals surface area contributed by atoms with Crippen LogP contribution >= 0.6 is 0 Å². The number of alkyl halides is 3. The topological polar surface area (TPSA) is 84.5 Å². The molecular formula is C15H14F3N5O3. The molecule has 0 N–H and O–H groups in total. The number of rotatable bonds is 3. The van der Waals surface area contributed by atoms with Gasteiger partial charge in [-0.25, -0.2) is 0 Å². The molecule has 138 valence electrons. The predicted octanol–water partition coefficient (Wildman–Crippen LogP) is 2.20. The first kappa shape index (κ1) is 17.7. The Morgan fingerprint density at radius 2 is 2.00 bits per heavy atom. The molecule has 0 saturated carbocycles. The van der Waals surface area contributed by atoms with Gasteiger partial charge in [-0.1, -0.05) is 0 Å². The highest BCUT2D eigenvalue weighted by Crippen LogP contribution is 2.39. The summed E-state index contributed by atoms with van der Waals surface area (Å²) in [6, 6.07) is 2.53. The van der Waals surface area contributed by atoms with Gasteiger partial charge in [-0.05, 0) is 6.07 Å². The monoisotopic (exact) mass is 369 g/mol. The number of hydrogen-bond acceptors (Lipinski definition) is 5. The molecule has 0 radical (unpaired) electrons. The summed E-state index contributed by atoms with van der Waals surface area (Å²) in [5.74, 6) is -0.379. The van der Waals surface area contributed by atoms with Crippen LogP contribution in [-0.4, -0.2) is 40.2 Å². The second-order valence-corrected chi connectivity index (χ2v) is 5.80. The Balaban J connectivity index is 1.89. The van der Waals surface area contributed by atoms with E-state index in [1.165, 1.54) is 20.7 Å². The summed E-state index contributed by atoms with van der Waals surface area (Å²) >= 11 is 0. The van der Waals surface area contributed by atoms with E-state index in [1.807, 2.05) is 0 Å². The van der Waals surface area contributed by atoms with Crippen molar-refractivity contribution in [3.05, 3.63) is 46.3 Å². The molecule has 0 aliphatic carbocycles. The van der Waals surface area contributed by atoms with E-state index >= 15 is 0 Å². The molecule has 1 fully saturated rings. The third kappa shape index (κ3) is 3.32.